The largest absolute Gasteiger partial charge is 0.391 e. The first-order chi connectivity index (χ1) is 15.5. The first-order valence-electron chi connectivity index (χ1n) is 10.9. The molecule has 8 heteroatoms. The Morgan fingerprint density at radius 2 is 1.62 bits per heavy atom. The molecule has 1 N–H and O–H groups in total. The Balaban J connectivity index is 0.000000913. The summed E-state index contributed by atoms with van der Waals surface area (Å²) in [5.41, 5.74) is 0.918. The van der Waals surface area contributed by atoms with Crippen molar-refractivity contribution in [3.8, 4) is 0 Å². The van der Waals surface area contributed by atoms with E-state index in [-0.39, 0.29) is 28.0 Å². The van der Waals surface area contributed by atoms with Gasteiger partial charge in [-0.25, -0.2) is 8.42 Å². The van der Waals surface area contributed by atoms with E-state index < -0.39 is 9.84 Å². The van der Waals surface area contributed by atoms with Gasteiger partial charge >= 0.3 is 0 Å². The highest BCUT2D eigenvalue weighted by Gasteiger charge is 2.37. The molecule has 2 aliphatic rings. The van der Waals surface area contributed by atoms with Gasteiger partial charge in [0.15, 0.2) is 0 Å². The summed E-state index contributed by atoms with van der Waals surface area (Å²) in [6.07, 6.45) is 1.81. The van der Waals surface area contributed by atoms with Crippen LogP contribution in [0.1, 0.15) is 25.3 Å². The number of rotatable bonds is 6. The van der Waals surface area contributed by atoms with Crippen LogP contribution in [0.4, 0.5) is 0 Å². The third kappa shape index (κ3) is 6.24. The van der Waals surface area contributed by atoms with Crippen LogP contribution in [0, 0.1) is 0 Å². The first-order valence-corrected chi connectivity index (χ1v) is 12.3. The van der Waals surface area contributed by atoms with Crippen molar-refractivity contribution in [3.05, 3.63) is 60.2 Å². The average molecular weight is 462 g/mol. The highest BCUT2D eigenvalue weighted by Crippen LogP contribution is 2.28. The van der Waals surface area contributed by atoms with Crippen LogP contribution in [-0.2, 0) is 30.7 Å². The molecular formula is C24H31NO6S. The molecule has 1 aliphatic heterocycles. The Morgan fingerprint density at radius 1 is 1.03 bits per heavy atom. The minimum absolute atomic E-state index is 0.00516. The van der Waals surface area contributed by atoms with Gasteiger partial charge in [-0.1, -0.05) is 30.3 Å². The van der Waals surface area contributed by atoms with Gasteiger partial charge < -0.3 is 19.4 Å². The molecule has 2 fully saturated rings. The van der Waals surface area contributed by atoms with Gasteiger partial charge in [-0.05, 0) is 43.2 Å². The van der Waals surface area contributed by atoms with Crippen LogP contribution in [0.25, 0.3) is 0 Å². The molecule has 2 aromatic rings. The lowest BCUT2D eigenvalue weighted by Crippen LogP contribution is -2.46. The van der Waals surface area contributed by atoms with E-state index in [2.05, 4.69) is 4.90 Å². The Morgan fingerprint density at radius 3 is 2.25 bits per heavy atom. The van der Waals surface area contributed by atoms with Crippen molar-refractivity contribution in [2.45, 2.75) is 54.4 Å². The summed E-state index contributed by atoms with van der Waals surface area (Å²) in [6, 6.07) is 15.4. The molecule has 0 aromatic heterocycles. The Bertz CT molecular complexity index is 942. The Hall–Kier alpha value is -2.10. The number of carbonyl (C=O) groups is 1. The number of aliphatic hydroxyl groups excluding tert-OH is 1. The molecule has 1 saturated carbocycles. The number of hydrogen-bond donors (Lipinski definition) is 1. The minimum Gasteiger partial charge on any atom is -0.391 e. The third-order valence-corrected chi connectivity index (χ3v) is 7.53. The fourth-order valence-corrected chi connectivity index (χ4v) is 5.38. The molecule has 32 heavy (non-hydrogen) atoms. The highest BCUT2D eigenvalue weighted by atomic mass is 32.2. The van der Waals surface area contributed by atoms with Gasteiger partial charge in [-0.3, -0.25) is 4.90 Å². The maximum atomic E-state index is 12.7. The van der Waals surface area contributed by atoms with Gasteiger partial charge in [0.25, 0.3) is 0 Å². The summed E-state index contributed by atoms with van der Waals surface area (Å²) in [5, 5.41) is 10.4. The van der Waals surface area contributed by atoms with Gasteiger partial charge in [0.1, 0.15) is 6.29 Å². The Labute approximate surface area is 189 Å². The van der Waals surface area contributed by atoms with E-state index in [1.165, 1.54) is 6.92 Å². The highest BCUT2D eigenvalue weighted by molar-refractivity contribution is 7.91. The quantitative estimate of drug-likeness (QED) is 0.661. The molecule has 1 aliphatic carbocycles. The molecule has 7 nitrogen and oxygen atoms in total. The van der Waals surface area contributed by atoms with Gasteiger partial charge in [0.2, 0.25) is 9.84 Å². The van der Waals surface area contributed by atoms with Crippen molar-refractivity contribution < 1.29 is 27.8 Å². The van der Waals surface area contributed by atoms with Gasteiger partial charge in [-0.15, -0.1) is 0 Å². The maximum Gasteiger partial charge on any atom is 0.206 e. The monoisotopic (exact) mass is 461 g/mol. The predicted molar refractivity (Wildman–Crippen MR) is 120 cm³/mol. The van der Waals surface area contributed by atoms with Crippen LogP contribution in [0.15, 0.2) is 64.4 Å². The number of sulfone groups is 1. The number of hydrogen-bond acceptors (Lipinski definition) is 7. The summed E-state index contributed by atoms with van der Waals surface area (Å²) in [7, 11) is -3.50. The van der Waals surface area contributed by atoms with Crippen molar-refractivity contribution in [3.63, 3.8) is 0 Å². The van der Waals surface area contributed by atoms with Crippen molar-refractivity contribution in [1.29, 1.82) is 0 Å². The molecule has 0 unspecified atom stereocenters. The summed E-state index contributed by atoms with van der Waals surface area (Å²) >= 11 is 0. The van der Waals surface area contributed by atoms with E-state index in [0.717, 1.165) is 31.4 Å². The van der Waals surface area contributed by atoms with Crippen molar-refractivity contribution in [2.75, 3.05) is 26.3 Å². The average Bonchev–Trinajstić information content (AvgIpc) is 3.20. The number of morpholine rings is 1. The molecule has 0 radical (unpaired) electrons. The summed E-state index contributed by atoms with van der Waals surface area (Å²) in [5.74, 6) is 0. The van der Waals surface area contributed by atoms with Gasteiger partial charge in [0.05, 0.1) is 41.8 Å². The molecule has 2 aromatic carbocycles. The zero-order chi connectivity index (χ0) is 23.0. The van der Waals surface area contributed by atoms with Crippen LogP contribution in [0.2, 0.25) is 0 Å². The van der Waals surface area contributed by atoms with E-state index in [1.807, 2.05) is 0 Å². The van der Waals surface area contributed by atoms with Crippen molar-refractivity contribution in [1.82, 2.24) is 4.90 Å². The lowest BCUT2D eigenvalue weighted by Gasteiger charge is -2.33. The number of aliphatic hydroxyl groups is 1. The molecular weight excluding hydrogens is 430 g/mol. The van der Waals surface area contributed by atoms with Crippen molar-refractivity contribution in [2.24, 2.45) is 0 Å². The van der Waals surface area contributed by atoms with E-state index in [9.17, 15) is 13.5 Å². The topological polar surface area (TPSA) is 93.1 Å². The molecule has 4 rings (SSSR count). The zero-order valence-corrected chi connectivity index (χ0v) is 19.1. The summed E-state index contributed by atoms with van der Waals surface area (Å²) in [6.45, 7) is 4.98. The van der Waals surface area contributed by atoms with Crippen LogP contribution < -0.4 is 0 Å². The van der Waals surface area contributed by atoms with Crippen LogP contribution >= 0.6 is 0 Å². The molecule has 3 atom stereocenters. The van der Waals surface area contributed by atoms with E-state index >= 15 is 0 Å². The fraction of sp³-hybridized carbons (Fsp3) is 0.458. The minimum atomic E-state index is -3.50. The van der Waals surface area contributed by atoms with Gasteiger partial charge in [-0.2, -0.15) is 0 Å². The number of carbonyl (C=O) groups excluding carboxylic acids is 1. The molecule has 1 heterocycles. The molecule has 174 valence electrons. The van der Waals surface area contributed by atoms with E-state index in [1.54, 1.807) is 54.6 Å². The molecule has 0 bridgehead atoms. The normalized spacial score (nSPS) is 23.9. The lowest BCUT2D eigenvalue weighted by molar-refractivity contribution is -0.106. The predicted octanol–water partition coefficient (Wildman–Crippen LogP) is 2.47. The summed E-state index contributed by atoms with van der Waals surface area (Å²) in [4.78, 5) is 11.7. The smallest absolute Gasteiger partial charge is 0.206 e. The van der Waals surface area contributed by atoms with Crippen molar-refractivity contribution >= 4 is 16.1 Å². The zero-order valence-electron chi connectivity index (χ0n) is 18.3. The van der Waals surface area contributed by atoms with Crippen LogP contribution in [0.5, 0.6) is 0 Å². The first kappa shape index (κ1) is 24.5. The molecule has 0 amide bonds. The summed E-state index contributed by atoms with van der Waals surface area (Å²) < 4.78 is 36.7. The fourth-order valence-electron chi connectivity index (χ4n) is 4.10. The van der Waals surface area contributed by atoms with Gasteiger partial charge in [0, 0.05) is 25.6 Å². The third-order valence-electron chi connectivity index (χ3n) is 5.74. The Kier molecular flexibility index (Phi) is 8.95. The number of ether oxygens (including phenoxy) is 2. The second-order valence-corrected chi connectivity index (χ2v) is 9.83. The molecule has 0 spiro atoms. The second-order valence-electron chi connectivity index (χ2n) is 7.88. The van der Waals surface area contributed by atoms with Crippen LogP contribution in [-0.4, -0.2) is 69.3 Å². The van der Waals surface area contributed by atoms with E-state index in [4.69, 9.17) is 14.3 Å². The number of nitrogens with zero attached hydrogens (tertiary/aromatic N) is 1. The van der Waals surface area contributed by atoms with Crippen LogP contribution in [0.3, 0.4) is 0 Å². The lowest BCUT2D eigenvalue weighted by atomic mass is 10.1. The van der Waals surface area contributed by atoms with E-state index in [0.29, 0.717) is 26.2 Å². The molecule has 1 saturated heterocycles. The number of benzene rings is 2. The second kappa shape index (κ2) is 11.7. The SMILES string of the molecule is CC=O.O=S(=O)(c1ccccc1)c1ccc(CO[C@@H]2C[C@H](O)[C@@H](N3CCOCC3)C2)cc1. The number of aldehydes is 1. The standard InChI is InChI=1S/C22H27NO5S.C2H4O/c24-22-15-18(14-21(22)23-10-12-27-13-11-23)28-16-17-6-8-20(9-7-17)29(25,26)19-4-2-1-3-5-19;1-2-3/h1-9,18,21-22,24H,10-16H2;2H,1H3/t18-,21-,22-;/m0./s1. The maximum absolute atomic E-state index is 12.7.